The summed E-state index contributed by atoms with van der Waals surface area (Å²) in [7, 11) is 0. The van der Waals surface area contributed by atoms with Gasteiger partial charge in [-0.3, -0.25) is 14.8 Å². The Morgan fingerprint density at radius 3 is 2.66 bits per heavy atom. The maximum atomic E-state index is 13.8. The third-order valence-electron chi connectivity index (χ3n) is 8.86. The van der Waals surface area contributed by atoms with Crippen molar-refractivity contribution in [2.75, 3.05) is 37.6 Å². The summed E-state index contributed by atoms with van der Waals surface area (Å²) in [4.78, 5) is 26.5. The summed E-state index contributed by atoms with van der Waals surface area (Å²) < 4.78 is 20.1. The van der Waals surface area contributed by atoms with Crippen LogP contribution in [0.15, 0.2) is 53.2 Å². The number of hydrogen-bond acceptors (Lipinski definition) is 7. The number of alkyl halides is 1. The lowest BCUT2D eigenvalue weighted by Gasteiger charge is -2.44. The van der Waals surface area contributed by atoms with Crippen LogP contribution in [0, 0.1) is 24.2 Å². The number of nitrogens with one attached hydrogen (secondary N) is 1. The van der Waals surface area contributed by atoms with Gasteiger partial charge in [0.1, 0.15) is 23.5 Å². The van der Waals surface area contributed by atoms with E-state index in [1.807, 2.05) is 48.2 Å². The number of aromatic nitrogens is 2. The summed E-state index contributed by atoms with van der Waals surface area (Å²) in [6, 6.07) is 13.7. The number of rotatable bonds is 5. The highest BCUT2D eigenvalue weighted by Crippen LogP contribution is 2.36. The molecule has 3 aromatic heterocycles. The SMILES string of the molecule is Cc1cc(C(=O)NC2CN3CCC2CC3)cnc1-c1cc2nccc(-c3ccc(N4CCC(F)C4)c(C#N)c3)c2o1. The molecule has 2 bridgehead atoms. The van der Waals surface area contributed by atoms with Gasteiger partial charge < -0.3 is 19.5 Å². The fourth-order valence-electron chi connectivity index (χ4n) is 6.62. The monoisotopic (exact) mass is 550 g/mol. The number of hydrogen-bond donors (Lipinski definition) is 1. The third kappa shape index (κ3) is 4.72. The van der Waals surface area contributed by atoms with E-state index in [1.54, 1.807) is 12.4 Å². The molecule has 4 fully saturated rings. The molecule has 4 aromatic rings. The second-order valence-corrected chi connectivity index (χ2v) is 11.5. The average Bonchev–Trinajstić information content (AvgIpc) is 3.63. The Morgan fingerprint density at radius 1 is 1.10 bits per heavy atom. The van der Waals surface area contributed by atoms with E-state index in [2.05, 4.69) is 26.3 Å². The van der Waals surface area contributed by atoms with Crippen LogP contribution in [-0.4, -0.2) is 65.7 Å². The number of nitrogens with zero attached hydrogens (tertiary/aromatic N) is 5. The van der Waals surface area contributed by atoms with Gasteiger partial charge in [0.05, 0.1) is 16.8 Å². The fraction of sp³-hybridized carbons (Fsp3) is 0.375. The minimum atomic E-state index is -0.867. The molecule has 1 N–H and O–H groups in total. The summed E-state index contributed by atoms with van der Waals surface area (Å²) in [6.45, 7) is 6.01. The molecule has 0 saturated carbocycles. The highest BCUT2D eigenvalue weighted by atomic mass is 19.1. The minimum Gasteiger partial charge on any atom is -0.452 e. The molecule has 4 aliphatic rings. The summed E-state index contributed by atoms with van der Waals surface area (Å²) in [5, 5.41) is 13.1. The largest absolute Gasteiger partial charge is 0.452 e. The zero-order valence-electron chi connectivity index (χ0n) is 22.9. The number of nitriles is 1. The minimum absolute atomic E-state index is 0.0906. The van der Waals surface area contributed by atoms with Crippen LogP contribution in [0.25, 0.3) is 33.7 Å². The molecular weight excluding hydrogens is 519 g/mol. The van der Waals surface area contributed by atoms with Gasteiger partial charge >= 0.3 is 0 Å². The molecule has 2 unspecified atom stereocenters. The Hall–Kier alpha value is -4.29. The van der Waals surface area contributed by atoms with E-state index >= 15 is 0 Å². The van der Waals surface area contributed by atoms with E-state index in [1.165, 1.54) is 0 Å². The van der Waals surface area contributed by atoms with Gasteiger partial charge in [-0.15, -0.1) is 0 Å². The van der Waals surface area contributed by atoms with Crippen molar-refractivity contribution in [2.24, 2.45) is 5.92 Å². The predicted molar refractivity (Wildman–Crippen MR) is 154 cm³/mol. The molecule has 4 saturated heterocycles. The van der Waals surface area contributed by atoms with Crippen LogP contribution in [0.3, 0.4) is 0 Å². The van der Waals surface area contributed by atoms with Gasteiger partial charge in [0.2, 0.25) is 0 Å². The van der Waals surface area contributed by atoms with E-state index < -0.39 is 6.17 Å². The molecule has 41 heavy (non-hydrogen) atoms. The van der Waals surface area contributed by atoms with Crippen molar-refractivity contribution in [3.63, 3.8) is 0 Å². The molecule has 9 heteroatoms. The number of pyridine rings is 2. The number of fused-ring (bicyclic) bond motifs is 4. The molecule has 1 aromatic carbocycles. The van der Waals surface area contributed by atoms with Gasteiger partial charge in [-0.25, -0.2) is 4.39 Å². The fourth-order valence-corrected chi connectivity index (χ4v) is 6.62. The normalized spacial score (nSPS) is 23.6. The first-order valence-corrected chi connectivity index (χ1v) is 14.3. The second-order valence-electron chi connectivity index (χ2n) is 11.5. The van der Waals surface area contributed by atoms with Crippen LogP contribution in [0.4, 0.5) is 10.1 Å². The zero-order valence-corrected chi connectivity index (χ0v) is 22.9. The molecule has 0 spiro atoms. The van der Waals surface area contributed by atoms with Crippen molar-refractivity contribution in [1.82, 2.24) is 20.2 Å². The first kappa shape index (κ1) is 25.7. The molecule has 8 nitrogen and oxygen atoms in total. The molecule has 7 heterocycles. The molecule has 4 aliphatic heterocycles. The molecule has 8 rings (SSSR count). The summed E-state index contributed by atoms with van der Waals surface area (Å²) in [5.41, 5.74) is 6.16. The molecule has 0 aliphatic carbocycles. The second kappa shape index (κ2) is 10.3. The number of halogens is 1. The van der Waals surface area contributed by atoms with E-state index in [0.717, 1.165) is 54.9 Å². The lowest BCUT2D eigenvalue weighted by atomic mass is 9.84. The van der Waals surface area contributed by atoms with Crippen LogP contribution in [0.5, 0.6) is 0 Å². The van der Waals surface area contributed by atoms with Gasteiger partial charge in [-0.1, -0.05) is 6.07 Å². The molecule has 1 amide bonds. The highest BCUT2D eigenvalue weighted by Gasteiger charge is 2.35. The predicted octanol–water partition coefficient (Wildman–Crippen LogP) is 5.11. The van der Waals surface area contributed by atoms with Gasteiger partial charge in [0.25, 0.3) is 5.91 Å². The van der Waals surface area contributed by atoms with Crippen molar-refractivity contribution in [1.29, 1.82) is 5.26 Å². The molecule has 2 atom stereocenters. The number of anilines is 1. The first-order valence-electron chi connectivity index (χ1n) is 14.3. The van der Waals surface area contributed by atoms with Crippen LogP contribution >= 0.6 is 0 Å². The van der Waals surface area contributed by atoms with Crippen LogP contribution in [0.2, 0.25) is 0 Å². The number of benzene rings is 1. The first-order chi connectivity index (χ1) is 20.0. The van der Waals surface area contributed by atoms with Gasteiger partial charge in [0.15, 0.2) is 11.3 Å². The van der Waals surface area contributed by atoms with E-state index in [-0.39, 0.29) is 11.9 Å². The smallest absolute Gasteiger partial charge is 0.253 e. The van der Waals surface area contributed by atoms with Gasteiger partial charge in [0, 0.05) is 49.7 Å². The summed E-state index contributed by atoms with van der Waals surface area (Å²) in [5.74, 6) is 1.02. The number of amides is 1. The Balaban J connectivity index is 1.16. The number of furan rings is 1. The maximum Gasteiger partial charge on any atom is 0.253 e. The van der Waals surface area contributed by atoms with Crippen LogP contribution < -0.4 is 10.2 Å². The number of piperidine rings is 3. The molecule has 208 valence electrons. The average molecular weight is 551 g/mol. The van der Waals surface area contributed by atoms with Crippen molar-refractivity contribution in [3.05, 3.63) is 65.5 Å². The lowest BCUT2D eigenvalue weighted by Crippen LogP contribution is -2.57. The Morgan fingerprint density at radius 2 is 1.95 bits per heavy atom. The van der Waals surface area contributed by atoms with Crippen molar-refractivity contribution < 1.29 is 13.6 Å². The Bertz CT molecular complexity index is 1690. The standard InChI is InChI=1S/C32H31FN6O2/c1-19-12-23(32(40)37-27-18-38-9-5-20(27)6-10-38)16-36-30(19)29-14-26-31(41-29)25(4-8-35-26)21-2-3-28(22(13-21)15-34)39-11-7-24(33)17-39/h2-4,8,12-14,16,20,24,27H,5-7,9-11,17-18H2,1H3,(H,37,40). The Labute approximate surface area is 237 Å². The summed E-state index contributed by atoms with van der Waals surface area (Å²) in [6.07, 6.45) is 5.22. The third-order valence-corrected chi connectivity index (χ3v) is 8.86. The van der Waals surface area contributed by atoms with Gasteiger partial charge in [-0.05, 0) is 80.6 Å². The summed E-state index contributed by atoms with van der Waals surface area (Å²) >= 11 is 0. The number of aryl methyl sites for hydroxylation is 1. The van der Waals surface area contributed by atoms with Crippen molar-refractivity contribution in [2.45, 2.75) is 38.4 Å². The quantitative estimate of drug-likeness (QED) is 0.369. The van der Waals surface area contributed by atoms with E-state index in [9.17, 15) is 14.4 Å². The van der Waals surface area contributed by atoms with E-state index in [4.69, 9.17) is 4.42 Å². The Kier molecular flexibility index (Phi) is 6.43. The van der Waals surface area contributed by atoms with Crippen molar-refractivity contribution >= 4 is 22.7 Å². The number of carbonyl (C=O) groups excluding carboxylic acids is 1. The lowest BCUT2D eigenvalue weighted by molar-refractivity contribution is 0.0620. The maximum absolute atomic E-state index is 13.8. The van der Waals surface area contributed by atoms with Crippen LogP contribution in [0.1, 0.15) is 40.7 Å². The molecule has 0 radical (unpaired) electrons. The topological polar surface area (TPSA) is 98.3 Å². The van der Waals surface area contributed by atoms with Crippen LogP contribution in [-0.2, 0) is 0 Å². The van der Waals surface area contributed by atoms with Gasteiger partial charge in [-0.2, -0.15) is 5.26 Å². The zero-order chi connectivity index (χ0) is 28.1. The highest BCUT2D eigenvalue weighted by molar-refractivity contribution is 5.95. The van der Waals surface area contributed by atoms with E-state index in [0.29, 0.717) is 59.1 Å². The molecular formula is C32H31FN6O2. The number of carbonyl (C=O) groups is 1. The van der Waals surface area contributed by atoms with Crippen molar-refractivity contribution in [3.8, 4) is 28.7 Å².